The summed E-state index contributed by atoms with van der Waals surface area (Å²) in [4.78, 5) is 15.7. The molecule has 0 fully saturated rings. The lowest BCUT2D eigenvalue weighted by Gasteiger charge is -2.04. The Morgan fingerprint density at radius 1 is 1.50 bits per heavy atom. The van der Waals surface area contributed by atoms with Gasteiger partial charge in [-0.15, -0.1) is 11.3 Å². The second-order valence-corrected chi connectivity index (χ2v) is 4.32. The second-order valence-electron chi connectivity index (χ2n) is 3.44. The minimum Gasteiger partial charge on any atom is -0.326 e. The minimum atomic E-state index is 0.0175. The van der Waals surface area contributed by atoms with Gasteiger partial charge in [0, 0.05) is 18.7 Å². The van der Waals surface area contributed by atoms with Crippen LogP contribution in [0.25, 0.3) is 10.2 Å². The van der Waals surface area contributed by atoms with Crippen LogP contribution < -0.4 is 10.6 Å². The van der Waals surface area contributed by atoms with Crippen molar-refractivity contribution >= 4 is 33.1 Å². The first-order chi connectivity index (χ1) is 7.79. The van der Waals surface area contributed by atoms with Crippen molar-refractivity contribution in [3.05, 3.63) is 23.7 Å². The highest BCUT2D eigenvalue weighted by molar-refractivity contribution is 7.16. The van der Waals surface area contributed by atoms with Crippen LogP contribution in [-0.4, -0.2) is 24.5 Å². The summed E-state index contributed by atoms with van der Waals surface area (Å²) in [6.45, 7) is 0.685. The molecule has 84 valence electrons. The molecule has 1 amide bonds. The predicted molar refractivity (Wildman–Crippen MR) is 66.8 cm³/mol. The summed E-state index contributed by atoms with van der Waals surface area (Å²) in [5.74, 6) is 0.0175. The highest BCUT2D eigenvalue weighted by Gasteiger charge is 2.03. The molecule has 1 aromatic heterocycles. The van der Waals surface area contributed by atoms with E-state index in [0.29, 0.717) is 13.0 Å². The number of thiazole rings is 1. The van der Waals surface area contributed by atoms with Gasteiger partial charge >= 0.3 is 0 Å². The smallest absolute Gasteiger partial charge is 0.225 e. The van der Waals surface area contributed by atoms with Crippen molar-refractivity contribution in [2.45, 2.75) is 6.42 Å². The van der Waals surface area contributed by atoms with Crippen LogP contribution in [0.2, 0.25) is 0 Å². The first-order valence-electron chi connectivity index (χ1n) is 5.07. The molecule has 0 bridgehead atoms. The lowest BCUT2D eigenvalue weighted by Crippen LogP contribution is -2.18. The highest BCUT2D eigenvalue weighted by atomic mass is 32.1. The number of rotatable bonds is 4. The van der Waals surface area contributed by atoms with E-state index < -0.39 is 0 Å². The van der Waals surface area contributed by atoms with Gasteiger partial charge < -0.3 is 10.6 Å². The van der Waals surface area contributed by atoms with Crippen molar-refractivity contribution in [3.8, 4) is 0 Å². The van der Waals surface area contributed by atoms with Crippen LogP contribution >= 0.6 is 11.3 Å². The van der Waals surface area contributed by atoms with E-state index in [1.807, 2.05) is 25.2 Å². The highest BCUT2D eigenvalue weighted by Crippen LogP contribution is 2.21. The zero-order valence-electron chi connectivity index (χ0n) is 8.99. The van der Waals surface area contributed by atoms with E-state index in [4.69, 9.17) is 0 Å². The number of carbonyl (C=O) groups excluding carboxylic acids is 1. The molecule has 2 N–H and O–H groups in total. The average Bonchev–Trinajstić information content (AvgIpc) is 2.73. The van der Waals surface area contributed by atoms with Crippen LogP contribution in [0.1, 0.15) is 6.42 Å². The van der Waals surface area contributed by atoms with E-state index in [0.717, 1.165) is 15.9 Å². The number of nitrogens with one attached hydrogen (secondary N) is 2. The Balaban J connectivity index is 2.06. The van der Waals surface area contributed by atoms with Crippen molar-refractivity contribution in [1.82, 2.24) is 10.3 Å². The fourth-order valence-corrected chi connectivity index (χ4v) is 2.06. The number of hydrogen-bond acceptors (Lipinski definition) is 4. The molecule has 1 aromatic carbocycles. The largest absolute Gasteiger partial charge is 0.326 e. The number of carbonyl (C=O) groups is 1. The molecule has 2 rings (SSSR count). The number of benzene rings is 1. The Kier molecular flexibility index (Phi) is 3.48. The van der Waals surface area contributed by atoms with E-state index in [1.54, 1.807) is 16.8 Å². The Labute approximate surface area is 97.7 Å². The van der Waals surface area contributed by atoms with Crippen molar-refractivity contribution < 1.29 is 4.79 Å². The summed E-state index contributed by atoms with van der Waals surface area (Å²) in [5, 5.41) is 5.78. The van der Waals surface area contributed by atoms with Crippen LogP contribution in [0.15, 0.2) is 23.7 Å². The van der Waals surface area contributed by atoms with Crippen molar-refractivity contribution in [1.29, 1.82) is 0 Å². The number of anilines is 1. The van der Waals surface area contributed by atoms with Gasteiger partial charge in [0.15, 0.2) is 0 Å². The van der Waals surface area contributed by atoms with Crippen LogP contribution in [0.3, 0.4) is 0 Å². The number of fused-ring (bicyclic) bond motifs is 1. The molecule has 2 aromatic rings. The van der Waals surface area contributed by atoms with E-state index in [2.05, 4.69) is 15.6 Å². The third kappa shape index (κ3) is 2.56. The molecular formula is C11H13N3OS. The molecular weight excluding hydrogens is 222 g/mol. The van der Waals surface area contributed by atoms with Gasteiger partial charge in [0.05, 0.1) is 15.7 Å². The van der Waals surface area contributed by atoms with E-state index in [-0.39, 0.29) is 5.91 Å². The van der Waals surface area contributed by atoms with Crippen molar-refractivity contribution in [2.24, 2.45) is 0 Å². The second kappa shape index (κ2) is 5.05. The van der Waals surface area contributed by atoms with Gasteiger partial charge in [-0.05, 0) is 25.2 Å². The summed E-state index contributed by atoms with van der Waals surface area (Å²) in [7, 11) is 1.83. The van der Waals surface area contributed by atoms with Gasteiger partial charge in [0.1, 0.15) is 0 Å². The molecule has 4 nitrogen and oxygen atoms in total. The topological polar surface area (TPSA) is 54.0 Å². The number of aromatic nitrogens is 1. The molecule has 0 aliphatic heterocycles. The van der Waals surface area contributed by atoms with Crippen LogP contribution in [0, 0.1) is 0 Å². The summed E-state index contributed by atoms with van der Waals surface area (Å²) < 4.78 is 1.13. The zero-order valence-corrected chi connectivity index (χ0v) is 9.80. The van der Waals surface area contributed by atoms with E-state index >= 15 is 0 Å². The first kappa shape index (κ1) is 11.0. The van der Waals surface area contributed by atoms with Crippen LogP contribution in [-0.2, 0) is 4.79 Å². The van der Waals surface area contributed by atoms with Gasteiger partial charge in [-0.1, -0.05) is 0 Å². The molecule has 0 saturated heterocycles. The number of hydrogen-bond donors (Lipinski definition) is 2. The first-order valence-corrected chi connectivity index (χ1v) is 5.95. The van der Waals surface area contributed by atoms with Gasteiger partial charge in [0.25, 0.3) is 0 Å². The Bertz CT molecular complexity index is 495. The van der Waals surface area contributed by atoms with E-state index in [9.17, 15) is 4.79 Å². The van der Waals surface area contributed by atoms with Crippen LogP contribution in [0.5, 0.6) is 0 Å². The molecule has 0 saturated carbocycles. The zero-order chi connectivity index (χ0) is 11.4. The number of nitrogens with zero attached hydrogens (tertiary/aromatic N) is 1. The van der Waals surface area contributed by atoms with Crippen LogP contribution in [0.4, 0.5) is 5.69 Å². The Hall–Kier alpha value is -1.46. The molecule has 0 aliphatic rings. The fourth-order valence-electron chi connectivity index (χ4n) is 1.40. The summed E-state index contributed by atoms with van der Waals surface area (Å²) in [6.07, 6.45) is 0.478. The van der Waals surface area contributed by atoms with Gasteiger partial charge in [0.2, 0.25) is 5.91 Å². The van der Waals surface area contributed by atoms with Gasteiger partial charge in [-0.3, -0.25) is 4.79 Å². The number of amides is 1. The lowest BCUT2D eigenvalue weighted by molar-refractivity contribution is -0.116. The molecule has 0 radical (unpaired) electrons. The molecule has 0 aliphatic carbocycles. The van der Waals surface area contributed by atoms with Gasteiger partial charge in [-0.2, -0.15) is 0 Å². The summed E-state index contributed by atoms with van der Waals surface area (Å²) in [5.41, 5.74) is 3.54. The molecule has 5 heteroatoms. The third-order valence-electron chi connectivity index (χ3n) is 2.22. The third-order valence-corrected chi connectivity index (χ3v) is 3.03. The van der Waals surface area contributed by atoms with Gasteiger partial charge in [-0.25, -0.2) is 4.98 Å². The normalized spacial score (nSPS) is 10.6. The molecule has 0 atom stereocenters. The van der Waals surface area contributed by atoms with Crippen molar-refractivity contribution in [3.63, 3.8) is 0 Å². The molecule has 1 heterocycles. The molecule has 16 heavy (non-hydrogen) atoms. The Morgan fingerprint density at radius 3 is 3.19 bits per heavy atom. The maximum absolute atomic E-state index is 11.5. The quantitative estimate of drug-likeness (QED) is 0.850. The van der Waals surface area contributed by atoms with E-state index in [1.165, 1.54) is 0 Å². The maximum Gasteiger partial charge on any atom is 0.225 e. The SMILES string of the molecule is CNCCC(=O)Nc1ccc2scnc2c1. The maximum atomic E-state index is 11.5. The minimum absolute atomic E-state index is 0.0175. The Morgan fingerprint density at radius 2 is 2.38 bits per heavy atom. The molecule has 0 spiro atoms. The standard InChI is InChI=1S/C11H13N3OS/c1-12-5-4-11(15)14-8-2-3-10-9(6-8)13-7-16-10/h2-3,6-7,12H,4-5H2,1H3,(H,14,15). The average molecular weight is 235 g/mol. The predicted octanol–water partition coefficient (Wildman–Crippen LogP) is 1.84. The monoisotopic (exact) mass is 235 g/mol. The summed E-state index contributed by atoms with van der Waals surface area (Å²) in [6, 6.07) is 5.77. The summed E-state index contributed by atoms with van der Waals surface area (Å²) >= 11 is 1.59. The lowest BCUT2D eigenvalue weighted by atomic mass is 10.3. The van der Waals surface area contributed by atoms with Crippen molar-refractivity contribution in [2.75, 3.05) is 18.9 Å². The fraction of sp³-hybridized carbons (Fsp3) is 0.273. The molecule has 0 unspecified atom stereocenters.